The summed E-state index contributed by atoms with van der Waals surface area (Å²) in [6.45, 7) is 0.139. The fourth-order valence-electron chi connectivity index (χ4n) is 3.95. The molecule has 2 N–H and O–H groups in total. The third-order valence-electron chi connectivity index (χ3n) is 5.43. The van der Waals surface area contributed by atoms with E-state index in [0.29, 0.717) is 5.56 Å². The first-order valence-electron chi connectivity index (χ1n) is 9.98. The van der Waals surface area contributed by atoms with Crippen molar-refractivity contribution in [3.63, 3.8) is 0 Å². The van der Waals surface area contributed by atoms with Gasteiger partial charge in [0.15, 0.2) is 11.5 Å². The van der Waals surface area contributed by atoms with E-state index < -0.39 is 23.5 Å². The Hall–Kier alpha value is -3.20. The Bertz CT molecular complexity index is 1310. The van der Waals surface area contributed by atoms with Gasteiger partial charge >= 0.3 is 0 Å². The second-order valence-corrected chi connectivity index (χ2v) is 9.21. The second-order valence-electron chi connectivity index (χ2n) is 7.39. The molecule has 1 unspecified atom stereocenters. The maximum atomic E-state index is 13.2. The quantitative estimate of drug-likeness (QED) is 0.257. The summed E-state index contributed by atoms with van der Waals surface area (Å²) in [6, 6.07) is 10.2. The van der Waals surface area contributed by atoms with Crippen LogP contribution in [0, 0.1) is 0 Å². The van der Waals surface area contributed by atoms with Gasteiger partial charge in [-0.15, -0.1) is 11.3 Å². The number of aliphatic hydroxyl groups is 1. The molecule has 2 heterocycles. The SMILES string of the molecule is COc1c(Cl)cc(/C(O)=C2\C(=O)C(=O)N(Cc3cccs3)C2c2cccc(O)c2)c(OC)c1Cl. The van der Waals surface area contributed by atoms with Gasteiger partial charge in [0.2, 0.25) is 0 Å². The van der Waals surface area contributed by atoms with Crippen LogP contribution in [0.3, 0.4) is 0 Å². The normalized spacial score (nSPS) is 17.3. The number of carbonyl (C=O) groups is 2. The first kappa shape index (κ1) is 23.9. The summed E-state index contributed by atoms with van der Waals surface area (Å²) in [7, 11) is 2.72. The summed E-state index contributed by atoms with van der Waals surface area (Å²) in [6.07, 6.45) is 0. The molecule has 10 heteroatoms. The highest BCUT2D eigenvalue weighted by atomic mass is 35.5. The van der Waals surface area contributed by atoms with Gasteiger partial charge in [0.1, 0.15) is 16.5 Å². The van der Waals surface area contributed by atoms with Crippen LogP contribution in [0.15, 0.2) is 53.4 Å². The molecule has 1 aliphatic rings. The Morgan fingerprint density at radius 1 is 1.09 bits per heavy atom. The Balaban J connectivity index is 1.96. The zero-order valence-electron chi connectivity index (χ0n) is 18.0. The Kier molecular flexibility index (Phi) is 6.74. The minimum Gasteiger partial charge on any atom is -0.508 e. The van der Waals surface area contributed by atoms with E-state index in [1.54, 1.807) is 12.1 Å². The van der Waals surface area contributed by atoms with E-state index in [1.807, 2.05) is 17.5 Å². The van der Waals surface area contributed by atoms with Crippen LogP contribution in [-0.4, -0.2) is 41.0 Å². The van der Waals surface area contributed by atoms with E-state index in [0.717, 1.165) is 4.88 Å². The average molecular weight is 520 g/mol. The van der Waals surface area contributed by atoms with Gasteiger partial charge in [-0.05, 0) is 35.2 Å². The highest BCUT2D eigenvalue weighted by Crippen LogP contribution is 2.47. The largest absolute Gasteiger partial charge is 0.508 e. The molecule has 1 aliphatic heterocycles. The number of likely N-dealkylation sites (tertiary alicyclic amines) is 1. The number of aliphatic hydroxyl groups excluding tert-OH is 1. The van der Waals surface area contributed by atoms with E-state index >= 15 is 0 Å². The van der Waals surface area contributed by atoms with Crippen LogP contribution in [-0.2, 0) is 16.1 Å². The lowest BCUT2D eigenvalue weighted by Crippen LogP contribution is -2.28. The smallest absolute Gasteiger partial charge is 0.295 e. The summed E-state index contributed by atoms with van der Waals surface area (Å²) >= 11 is 14.1. The molecule has 3 aromatic rings. The van der Waals surface area contributed by atoms with E-state index in [4.69, 9.17) is 32.7 Å². The number of aromatic hydroxyl groups is 1. The summed E-state index contributed by atoms with van der Waals surface area (Å²) in [5.41, 5.74) is 0.294. The van der Waals surface area contributed by atoms with Crippen molar-refractivity contribution in [1.82, 2.24) is 4.90 Å². The number of thiophene rings is 1. The fourth-order valence-corrected chi connectivity index (χ4v) is 5.34. The van der Waals surface area contributed by atoms with Crippen LogP contribution >= 0.6 is 34.5 Å². The van der Waals surface area contributed by atoms with Gasteiger partial charge in [0.25, 0.3) is 11.7 Å². The third kappa shape index (κ3) is 4.09. The van der Waals surface area contributed by atoms with Gasteiger partial charge in [-0.2, -0.15) is 0 Å². The number of hydrogen-bond acceptors (Lipinski definition) is 7. The lowest BCUT2D eigenvalue weighted by atomic mass is 9.94. The molecule has 0 radical (unpaired) electrons. The first-order valence-corrected chi connectivity index (χ1v) is 11.6. The molecule has 1 aromatic heterocycles. The van der Waals surface area contributed by atoms with Crippen LogP contribution in [0.25, 0.3) is 5.76 Å². The molecule has 1 atom stereocenters. The summed E-state index contributed by atoms with van der Waals surface area (Å²) in [5, 5.41) is 23.4. The number of phenolic OH excluding ortho intramolecular Hbond substituents is 1. The number of benzene rings is 2. The zero-order valence-corrected chi connectivity index (χ0v) is 20.4. The number of carbonyl (C=O) groups excluding carboxylic acids is 2. The zero-order chi connectivity index (χ0) is 24.6. The molecular weight excluding hydrogens is 501 g/mol. The molecule has 1 saturated heterocycles. The highest BCUT2D eigenvalue weighted by molar-refractivity contribution is 7.09. The van der Waals surface area contributed by atoms with Crippen molar-refractivity contribution in [2.45, 2.75) is 12.6 Å². The average Bonchev–Trinajstić information content (AvgIpc) is 3.41. The summed E-state index contributed by atoms with van der Waals surface area (Å²) < 4.78 is 10.6. The van der Waals surface area contributed by atoms with Crippen molar-refractivity contribution < 1.29 is 29.3 Å². The van der Waals surface area contributed by atoms with Crippen LogP contribution in [0.1, 0.15) is 22.0 Å². The maximum absolute atomic E-state index is 13.2. The van der Waals surface area contributed by atoms with Gasteiger partial charge in [0, 0.05) is 4.88 Å². The van der Waals surface area contributed by atoms with E-state index in [9.17, 15) is 19.8 Å². The standard InChI is InChI=1S/C24H19Cl2NO6S/c1-32-22-15(10-16(25)23(33-2)18(22)26)20(29)17-19(12-5-3-6-13(28)9-12)27(24(31)21(17)30)11-14-7-4-8-34-14/h3-10,19,28-29H,11H2,1-2H3/b20-17+. The number of hydrogen-bond donors (Lipinski definition) is 2. The molecule has 0 bridgehead atoms. The van der Waals surface area contributed by atoms with Gasteiger partial charge in [-0.25, -0.2) is 0 Å². The number of ketones is 1. The predicted molar refractivity (Wildman–Crippen MR) is 130 cm³/mol. The molecule has 0 spiro atoms. The van der Waals surface area contributed by atoms with Crippen molar-refractivity contribution in [1.29, 1.82) is 0 Å². The van der Waals surface area contributed by atoms with Gasteiger partial charge in [-0.1, -0.05) is 41.4 Å². The number of halogens is 2. The molecule has 2 aromatic carbocycles. The number of nitrogens with zero attached hydrogens (tertiary/aromatic N) is 1. The van der Waals surface area contributed by atoms with Crippen molar-refractivity contribution in [2.24, 2.45) is 0 Å². The lowest BCUT2D eigenvalue weighted by molar-refractivity contribution is -0.140. The van der Waals surface area contributed by atoms with Gasteiger partial charge in [0.05, 0.1) is 43.0 Å². The van der Waals surface area contributed by atoms with E-state index in [1.165, 1.54) is 48.7 Å². The highest BCUT2D eigenvalue weighted by Gasteiger charge is 2.46. The number of rotatable bonds is 6. The molecule has 1 amide bonds. The second kappa shape index (κ2) is 9.58. The molecular formula is C24H19Cl2NO6S. The third-order valence-corrected chi connectivity index (χ3v) is 6.91. The van der Waals surface area contributed by atoms with Crippen molar-refractivity contribution in [3.05, 3.63) is 79.5 Å². The van der Waals surface area contributed by atoms with Gasteiger partial charge in [-0.3, -0.25) is 9.59 Å². The van der Waals surface area contributed by atoms with E-state index in [-0.39, 0.29) is 45.0 Å². The van der Waals surface area contributed by atoms with Crippen LogP contribution in [0.5, 0.6) is 17.2 Å². The predicted octanol–water partition coefficient (Wildman–Crippen LogP) is 5.40. The monoisotopic (exact) mass is 519 g/mol. The molecule has 176 valence electrons. The van der Waals surface area contributed by atoms with Crippen molar-refractivity contribution in [2.75, 3.05) is 14.2 Å². The van der Waals surface area contributed by atoms with Crippen molar-refractivity contribution in [3.8, 4) is 17.2 Å². The van der Waals surface area contributed by atoms with Crippen LogP contribution in [0.4, 0.5) is 0 Å². The van der Waals surface area contributed by atoms with Crippen LogP contribution in [0.2, 0.25) is 10.0 Å². The first-order chi connectivity index (χ1) is 16.3. The minimum absolute atomic E-state index is 0.000713. The molecule has 0 aliphatic carbocycles. The molecule has 1 fully saturated rings. The molecule has 0 saturated carbocycles. The minimum atomic E-state index is -0.974. The molecule has 4 rings (SSSR count). The number of phenols is 1. The van der Waals surface area contributed by atoms with Crippen LogP contribution < -0.4 is 9.47 Å². The summed E-state index contributed by atoms with van der Waals surface area (Å²) in [4.78, 5) is 28.5. The number of amides is 1. The Morgan fingerprint density at radius 3 is 2.44 bits per heavy atom. The van der Waals surface area contributed by atoms with Crippen molar-refractivity contribution >= 4 is 52.0 Å². The molecule has 34 heavy (non-hydrogen) atoms. The van der Waals surface area contributed by atoms with E-state index in [2.05, 4.69) is 0 Å². The summed E-state index contributed by atoms with van der Waals surface area (Å²) in [5.74, 6) is -2.06. The maximum Gasteiger partial charge on any atom is 0.295 e. The Morgan fingerprint density at radius 2 is 1.82 bits per heavy atom. The fraction of sp³-hybridized carbons (Fsp3) is 0.167. The number of methoxy groups -OCH3 is 2. The number of ether oxygens (including phenoxy) is 2. The lowest BCUT2D eigenvalue weighted by Gasteiger charge is -2.25. The Labute approximate surface area is 209 Å². The topological polar surface area (TPSA) is 96.3 Å². The van der Waals surface area contributed by atoms with Gasteiger partial charge < -0.3 is 24.6 Å². The number of Topliss-reactive ketones (excluding diaryl/α,β-unsaturated/α-hetero) is 1. The molecule has 7 nitrogen and oxygen atoms in total.